The summed E-state index contributed by atoms with van der Waals surface area (Å²) < 4.78 is 48.8. The van der Waals surface area contributed by atoms with E-state index in [2.05, 4.69) is 0 Å². The fourth-order valence-corrected chi connectivity index (χ4v) is 3.08. The molecule has 1 aliphatic rings. The minimum atomic E-state index is -3.99. The molecule has 1 aliphatic heterocycles. The van der Waals surface area contributed by atoms with E-state index >= 15 is 0 Å². The number of halogens is 2. The Morgan fingerprint density at radius 2 is 1.78 bits per heavy atom. The lowest BCUT2D eigenvalue weighted by molar-refractivity contribution is -0.120. The van der Waals surface area contributed by atoms with Crippen LogP contribution in [0.3, 0.4) is 0 Å². The fourth-order valence-electron chi connectivity index (χ4n) is 1.60. The van der Waals surface area contributed by atoms with Gasteiger partial charge in [0.05, 0.1) is 11.4 Å². The van der Waals surface area contributed by atoms with Crippen LogP contribution in [0.1, 0.15) is 13.8 Å². The van der Waals surface area contributed by atoms with Crippen molar-refractivity contribution < 1.29 is 22.0 Å². The molecule has 0 spiro atoms. The summed E-state index contributed by atoms with van der Waals surface area (Å²) in [7, 11) is -3.99. The van der Waals surface area contributed by atoms with Gasteiger partial charge in [0.15, 0.2) is 10.6 Å². The maximum Gasteiger partial charge on any atom is 0.263 e. The van der Waals surface area contributed by atoms with E-state index in [1.54, 1.807) is 0 Å². The van der Waals surface area contributed by atoms with E-state index in [1.807, 2.05) is 0 Å². The van der Waals surface area contributed by atoms with Crippen LogP contribution in [-0.2, 0) is 14.8 Å². The summed E-state index contributed by atoms with van der Waals surface area (Å²) in [6.07, 6.45) is 0. The first-order valence-electron chi connectivity index (χ1n) is 4.94. The topological polar surface area (TPSA) is 80.5 Å². The Balaban J connectivity index is 2.60. The van der Waals surface area contributed by atoms with Crippen LogP contribution in [0.2, 0.25) is 0 Å². The molecule has 1 amide bonds. The number of amides is 1. The zero-order valence-electron chi connectivity index (χ0n) is 9.57. The number of hydrogen-bond donors (Lipinski definition) is 1. The van der Waals surface area contributed by atoms with Gasteiger partial charge in [0.1, 0.15) is 5.82 Å². The van der Waals surface area contributed by atoms with Gasteiger partial charge in [-0.15, -0.1) is 0 Å². The van der Waals surface area contributed by atoms with E-state index in [9.17, 15) is 22.0 Å². The molecule has 1 fully saturated rings. The quantitative estimate of drug-likeness (QED) is 0.776. The van der Waals surface area contributed by atoms with Gasteiger partial charge in [0.2, 0.25) is 0 Å². The molecule has 0 aromatic heterocycles. The van der Waals surface area contributed by atoms with Gasteiger partial charge in [-0.2, -0.15) is 0 Å². The fraction of sp³-hybridized carbons (Fsp3) is 0.300. The summed E-state index contributed by atoms with van der Waals surface area (Å²) in [6, 6.07) is 1.23. The lowest BCUT2D eigenvalue weighted by atomic mass is 10.1. The summed E-state index contributed by atoms with van der Waals surface area (Å²) in [6.45, 7) is 2.43. The molecule has 1 heterocycles. The highest BCUT2D eigenvalue weighted by Crippen LogP contribution is 2.40. The van der Waals surface area contributed by atoms with Gasteiger partial charge in [-0.1, -0.05) is 0 Å². The van der Waals surface area contributed by atoms with Gasteiger partial charge in [-0.3, -0.25) is 4.79 Å². The molecule has 1 saturated heterocycles. The van der Waals surface area contributed by atoms with E-state index in [0.717, 1.165) is 6.07 Å². The van der Waals surface area contributed by atoms with E-state index in [0.29, 0.717) is 10.4 Å². The SMILES string of the molecule is CC1(C)C(=O)N(c2cc(N)c(F)cc2F)S1(=O)=O. The normalized spacial score (nSPS) is 20.7. The van der Waals surface area contributed by atoms with Crippen molar-refractivity contribution in [2.75, 3.05) is 10.0 Å². The summed E-state index contributed by atoms with van der Waals surface area (Å²) in [5.41, 5.74) is 4.24. The van der Waals surface area contributed by atoms with Gasteiger partial charge in [-0.25, -0.2) is 21.5 Å². The molecule has 0 saturated carbocycles. The zero-order valence-corrected chi connectivity index (χ0v) is 10.4. The molecule has 0 radical (unpaired) electrons. The predicted molar refractivity (Wildman–Crippen MR) is 61.3 cm³/mol. The van der Waals surface area contributed by atoms with Crippen LogP contribution in [0.4, 0.5) is 20.2 Å². The molecule has 1 aromatic carbocycles. The summed E-state index contributed by atoms with van der Waals surface area (Å²) in [5.74, 6) is -2.96. The average molecular weight is 276 g/mol. The van der Waals surface area contributed by atoms with Crippen molar-refractivity contribution in [3.05, 3.63) is 23.8 Å². The highest BCUT2D eigenvalue weighted by Gasteiger charge is 2.61. The molecule has 18 heavy (non-hydrogen) atoms. The lowest BCUT2D eigenvalue weighted by Crippen LogP contribution is -2.67. The monoisotopic (exact) mass is 276 g/mol. The van der Waals surface area contributed by atoms with Crippen LogP contribution in [0, 0.1) is 11.6 Å². The number of nitrogens with two attached hydrogens (primary N) is 1. The molecule has 8 heteroatoms. The van der Waals surface area contributed by atoms with Crippen LogP contribution in [-0.4, -0.2) is 19.1 Å². The summed E-state index contributed by atoms with van der Waals surface area (Å²) in [4.78, 5) is 11.7. The van der Waals surface area contributed by atoms with Gasteiger partial charge in [0, 0.05) is 6.07 Å². The Kier molecular flexibility index (Phi) is 2.41. The number of benzene rings is 1. The standard InChI is InChI=1S/C10H10F2N2O3S/c1-10(2)9(15)14(18(10,16)17)8-4-7(13)5(11)3-6(8)12/h3-4H,13H2,1-2H3. The average Bonchev–Trinajstić information content (AvgIpc) is 2.25. The third kappa shape index (κ3) is 1.35. The molecule has 0 atom stereocenters. The van der Waals surface area contributed by atoms with Crippen molar-refractivity contribution in [2.45, 2.75) is 18.6 Å². The molecule has 0 unspecified atom stereocenters. The minimum absolute atomic E-state index is 0.304. The second kappa shape index (κ2) is 3.41. The van der Waals surface area contributed by atoms with Crippen molar-refractivity contribution >= 4 is 27.3 Å². The van der Waals surface area contributed by atoms with Crippen molar-refractivity contribution in [2.24, 2.45) is 0 Å². The first-order valence-corrected chi connectivity index (χ1v) is 6.38. The molecular weight excluding hydrogens is 266 g/mol. The highest BCUT2D eigenvalue weighted by atomic mass is 32.2. The summed E-state index contributed by atoms with van der Waals surface area (Å²) in [5, 5.41) is 0. The molecule has 2 N–H and O–H groups in total. The highest BCUT2D eigenvalue weighted by molar-refractivity contribution is 7.98. The number of nitrogens with zero attached hydrogens (tertiary/aromatic N) is 1. The molecule has 0 aliphatic carbocycles. The smallest absolute Gasteiger partial charge is 0.263 e. The first-order chi connectivity index (χ1) is 8.10. The first kappa shape index (κ1) is 12.7. The minimum Gasteiger partial charge on any atom is -0.396 e. The molecule has 98 valence electrons. The maximum absolute atomic E-state index is 13.5. The van der Waals surface area contributed by atoms with Crippen molar-refractivity contribution in [1.82, 2.24) is 0 Å². The van der Waals surface area contributed by atoms with Crippen molar-refractivity contribution in [3.8, 4) is 0 Å². The number of carbonyl (C=O) groups excluding carboxylic acids is 1. The van der Waals surface area contributed by atoms with Crippen LogP contribution < -0.4 is 10.0 Å². The molecule has 1 aromatic rings. The molecule has 5 nitrogen and oxygen atoms in total. The van der Waals surface area contributed by atoms with Crippen LogP contribution in [0.25, 0.3) is 0 Å². The number of hydrogen-bond acceptors (Lipinski definition) is 4. The Hall–Kier alpha value is -1.70. The maximum atomic E-state index is 13.5. The van der Waals surface area contributed by atoms with Crippen molar-refractivity contribution in [1.29, 1.82) is 0 Å². The Labute approximate surface area is 102 Å². The number of carbonyl (C=O) groups is 1. The Morgan fingerprint density at radius 1 is 1.22 bits per heavy atom. The van der Waals surface area contributed by atoms with E-state index in [1.165, 1.54) is 13.8 Å². The molecule has 2 rings (SSSR count). The summed E-state index contributed by atoms with van der Waals surface area (Å²) >= 11 is 0. The van der Waals surface area contributed by atoms with Crippen molar-refractivity contribution in [3.63, 3.8) is 0 Å². The third-order valence-corrected chi connectivity index (χ3v) is 5.18. The third-order valence-electron chi connectivity index (χ3n) is 2.87. The van der Waals surface area contributed by atoms with Gasteiger partial charge >= 0.3 is 0 Å². The van der Waals surface area contributed by atoms with Gasteiger partial charge < -0.3 is 5.73 Å². The van der Waals surface area contributed by atoms with Crippen LogP contribution in [0.15, 0.2) is 12.1 Å². The second-order valence-corrected chi connectivity index (χ2v) is 6.75. The number of anilines is 2. The van der Waals surface area contributed by atoms with Gasteiger partial charge in [0.25, 0.3) is 15.9 Å². The molecular formula is C10H10F2N2O3S. The van der Waals surface area contributed by atoms with Crippen LogP contribution in [0.5, 0.6) is 0 Å². The molecule has 0 bridgehead atoms. The Morgan fingerprint density at radius 3 is 2.28 bits per heavy atom. The Bertz CT molecular complexity index is 655. The largest absolute Gasteiger partial charge is 0.396 e. The van der Waals surface area contributed by atoms with E-state index in [4.69, 9.17) is 5.73 Å². The zero-order chi connectivity index (χ0) is 13.9. The van der Waals surface area contributed by atoms with Gasteiger partial charge in [-0.05, 0) is 19.9 Å². The predicted octanol–water partition coefficient (Wildman–Crippen LogP) is 1.00. The van der Waals surface area contributed by atoms with E-state index in [-0.39, 0.29) is 0 Å². The number of nitrogen functional groups attached to an aromatic ring is 1. The lowest BCUT2D eigenvalue weighted by Gasteiger charge is -2.42. The number of sulfonamides is 1. The van der Waals surface area contributed by atoms with E-state index < -0.39 is 43.7 Å². The number of rotatable bonds is 1. The second-order valence-electron chi connectivity index (χ2n) is 4.41. The van der Waals surface area contributed by atoms with Crippen LogP contribution >= 0.6 is 0 Å².